The number of rotatable bonds is 5. The molecule has 1 atom stereocenters. The van der Waals surface area contributed by atoms with Crippen molar-refractivity contribution in [3.05, 3.63) is 47.2 Å². The van der Waals surface area contributed by atoms with Crippen LogP contribution in [0, 0.1) is 0 Å². The van der Waals surface area contributed by atoms with Gasteiger partial charge in [-0.15, -0.1) is 0 Å². The molecule has 0 fully saturated rings. The number of carbonyl (C=O) groups excluding carboxylic acids is 1. The lowest BCUT2D eigenvalue weighted by Gasteiger charge is -2.18. The number of halogens is 1. The van der Waals surface area contributed by atoms with Crippen molar-refractivity contribution in [2.45, 2.75) is 6.04 Å². The average Bonchev–Trinajstić information content (AvgIpc) is 2.84. The van der Waals surface area contributed by atoms with Gasteiger partial charge in [-0.2, -0.15) is 5.10 Å². The molecular weight excluding hydrogens is 292 g/mol. The summed E-state index contributed by atoms with van der Waals surface area (Å²) >= 11 is 5.87. The predicted octanol–water partition coefficient (Wildman–Crippen LogP) is 2.58. The molecule has 0 radical (unpaired) electrons. The number of benzene rings is 1. The third kappa shape index (κ3) is 4.47. The van der Waals surface area contributed by atoms with Gasteiger partial charge >= 0.3 is 6.03 Å². The van der Waals surface area contributed by atoms with Crippen molar-refractivity contribution in [2.24, 2.45) is 7.05 Å². The first kappa shape index (κ1) is 15.3. The van der Waals surface area contributed by atoms with Crippen LogP contribution in [0.15, 0.2) is 36.7 Å². The first-order chi connectivity index (χ1) is 10.1. The largest absolute Gasteiger partial charge is 0.382 e. The monoisotopic (exact) mass is 308 g/mol. The lowest BCUT2D eigenvalue weighted by molar-refractivity contribution is 0.168. The van der Waals surface area contributed by atoms with Gasteiger partial charge in [0.15, 0.2) is 0 Å². The van der Waals surface area contributed by atoms with E-state index in [-0.39, 0.29) is 12.1 Å². The number of methoxy groups -OCH3 is 1. The van der Waals surface area contributed by atoms with E-state index in [1.54, 1.807) is 43.4 Å². The molecule has 1 aromatic heterocycles. The summed E-state index contributed by atoms with van der Waals surface area (Å²) < 4.78 is 6.76. The van der Waals surface area contributed by atoms with Gasteiger partial charge in [0.25, 0.3) is 0 Å². The molecule has 2 aromatic rings. The standard InChI is InChI=1S/C14H17ClN4O2/c1-19-8-12(7-16-19)17-14(20)18-13(9-21-2)10-3-5-11(15)6-4-10/h3-8,13H,9H2,1-2H3,(H2,17,18,20). The van der Waals surface area contributed by atoms with Crippen molar-refractivity contribution in [1.82, 2.24) is 15.1 Å². The molecule has 0 saturated carbocycles. The van der Waals surface area contributed by atoms with Crippen molar-refractivity contribution in [3.63, 3.8) is 0 Å². The fourth-order valence-electron chi connectivity index (χ4n) is 1.89. The quantitative estimate of drug-likeness (QED) is 0.892. The third-order valence-electron chi connectivity index (χ3n) is 2.87. The molecule has 6 nitrogen and oxygen atoms in total. The van der Waals surface area contributed by atoms with E-state index in [4.69, 9.17) is 16.3 Å². The molecule has 2 amide bonds. The Bertz CT molecular complexity index is 597. The minimum absolute atomic E-state index is 0.260. The van der Waals surface area contributed by atoms with E-state index in [1.807, 2.05) is 12.1 Å². The Morgan fingerprint density at radius 2 is 2.14 bits per heavy atom. The van der Waals surface area contributed by atoms with Crippen LogP contribution in [0.1, 0.15) is 11.6 Å². The molecule has 0 bridgehead atoms. The van der Waals surface area contributed by atoms with Crippen molar-refractivity contribution in [3.8, 4) is 0 Å². The van der Waals surface area contributed by atoms with Gasteiger partial charge < -0.3 is 15.4 Å². The van der Waals surface area contributed by atoms with E-state index in [9.17, 15) is 4.79 Å². The molecule has 0 aliphatic heterocycles. The molecule has 0 aliphatic carbocycles. The highest BCUT2D eigenvalue weighted by atomic mass is 35.5. The lowest BCUT2D eigenvalue weighted by Crippen LogP contribution is -2.34. The van der Waals surface area contributed by atoms with Crippen LogP contribution < -0.4 is 10.6 Å². The van der Waals surface area contributed by atoms with E-state index in [1.165, 1.54) is 0 Å². The molecule has 0 aliphatic rings. The Morgan fingerprint density at radius 1 is 1.43 bits per heavy atom. The molecule has 7 heteroatoms. The molecule has 1 aromatic carbocycles. The van der Waals surface area contributed by atoms with Crippen LogP contribution in [-0.2, 0) is 11.8 Å². The topological polar surface area (TPSA) is 68.2 Å². The zero-order valence-corrected chi connectivity index (χ0v) is 12.6. The van der Waals surface area contributed by atoms with Gasteiger partial charge in [-0.05, 0) is 17.7 Å². The van der Waals surface area contributed by atoms with Crippen molar-refractivity contribution in [1.29, 1.82) is 0 Å². The number of nitrogens with one attached hydrogen (secondary N) is 2. The number of aryl methyl sites for hydroxylation is 1. The number of hydrogen-bond acceptors (Lipinski definition) is 3. The Balaban J connectivity index is 2.01. The number of hydrogen-bond donors (Lipinski definition) is 2. The molecule has 0 spiro atoms. The zero-order chi connectivity index (χ0) is 15.2. The molecule has 1 unspecified atom stereocenters. The molecule has 112 valence electrons. The second-order valence-corrected chi connectivity index (χ2v) is 5.00. The van der Waals surface area contributed by atoms with Gasteiger partial charge in [0.1, 0.15) is 0 Å². The highest BCUT2D eigenvalue weighted by Crippen LogP contribution is 2.17. The number of nitrogens with zero attached hydrogens (tertiary/aromatic N) is 2. The van der Waals surface area contributed by atoms with Crippen LogP contribution in [0.2, 0.25) is 5.02 Å². The minimum Gasteiger partial charge on any atom is -0.382 e. The van der Waals surface area contributed by atoms with Crippen LogP contribution in [0.5, 0.6) is 0 Å². The maximum Gasteiger partial charge on any atom is 0.319 e. The summed E-state index contributed by atoms with van der Waals surface area (Å²) in [4.78, 5) is 12.0. The second kappa shape index (κ2) is 7.10. The summed E-state index contributed by atoms with van der Waals surface area (Å²) in [5.41, 5.74) is 1.55. The molecule has 21 heavy (non-hydrogen) atoms. The summed E-state index contributed by atoms with van der Waals surface area (Å²) in [6, 6.07) is 6.69. The number of aromatic nitrogens is 2. The zero-order valence-electron chi connectivity index (χ0n) is 11.8. The van der Waals surface area contributed by atoms with E-state index in [0.717, 1.165) is 5.56 Å². The summed E-state index contributed by atoms with van der Waals surface area (Å²) in [6.45, 7) is 0.363. The highest BCUT2D eigenvalue weighted by Gasteiger charge is 2.15. The van der Waals surface area contributed by atoms with Gasteiger partial charge in [0, 0.05) is 25.4 Å². The SMILES string of the molecule is COCC(NC(=O)Nc1cnn(C)c1)c1ccc(Cl)cc1. The van der Waals surface area contributed by atoms with Gasteiger partial charge in [-0.1, -0.05) is 23.7 Å². The molecule has 0 saturated heterocycles. The fourth-order valence-corrected chi connectivity index (χ4v) is 2.02. The van der Waals surface area contributed by atoms with Crippen molar-refractivity contribution < 1.29 is 9.53 Å². The number of ether oxygens (including phenoxy) is 1. The maximum absolute atomic E-state index is 12.0. The van der Waals surface area contributed by atoms with E-state index >= 15 is 0 Å². The van der Waals surface area contributed by atoms with Gasteiger partial charge in [0.05, 0.1) is 24.5 Å². The van der Waals surface area contributed by atoms with Crippen LogP contribution >= 0.6 is 11.6 Å². The molecule has 2 rings (SSSR count). The van der Waals surface area contributed by atoms with Crippen molar-refractivity contribution >= 4 is 23.3 Å². The number of carbonyl (C=O) groups is 1. The smallest absolute Gasteiger partial charge is 0.319 e. The number of anilines is 1. The summed E-state index contributed by atoms with van der Waals surface area (Å²) in [7, 11) is 3.37. The lowest BCUT2D eigenvalue weighted by atomic mass is 10.1. The van der Waals surface area contributed by atoms with Crippen LogP contribution in [0.25, 0.3) is 0 Å². The van der Waals surface area contributed by atoms with Gasteiger partial charge in [0.2, 0.25) is 0 Å². The van der Waals surface area contributed by atoms with Crippen LogP contribution in [-0.4, -0.2) is 29.5 Å². The van der Waals surface area contributed by atoms with Crippen LogP contribution in [0.4, 0.5) is 10.5 Å². The maximum atomic E-state index is 12.0. The van der Waals surface area contributed by atoms with Crippen LogP contribution in [0.3, 0.4) is 0 Å². The summed E-state index contributed by atoms with van der Waals surface area (Å²) in [5, 5.41) is 10.2. The van der Waals surface area contributed by atoms with E-state index < -0.39 is 0 Å². The fraction of sp³-hybridized carbons (Fsp3) is 0.286. The Kier molecular flexibility index (Phi) is 5.19. The van der Waals surface area contributed by atoms with Crippen molar-refractivity contribution in [2.75, 3.05) is 19.0 Å². The first-order valence-corrected chi connectivity index (χ1v) is 6.77. The summed E-state index contributed by atoms with van der Waals surface area (Å²) in [6.07, 6.45) is 3.29. The summed E-state index contributed by atoms with van der Waals surface area (Å²) in [5.74, 6) is 0. The highest BCUT2D eigenvalue weighted by molar-refractivity contribution is 6.30. The van der Waals surface area contributed by atoms with Gasteiger partial charge in [-0.25, -0.2) is 4.79 Å². The minimum atomic E-state index is -0.319. The van der Waals surface area contributed by atoms with Gasteiger partial charge in [-0.3, -0.25) is 4.68 Å². The third-order valence-corrected chi connectivity index (χ3v) is 3.13. The second-order valence-electron chi connectivity index (χ2n) is 4.56. The predicted molar refractivity (Wildman–Crippen MR) is 81.4 cm³/mol. The number of amides is 2. The average molecular weight is 309 g/mol. The molecule has 2 N–H and O–H groups in total. The van der Waals surface area contributed by atoms with E-state index in [0.29, 0.717) is 17.3 Å². The molecular formula is C14H17ClN4O2. The molecule has 1 heterocycles. The Hall–Kier alpha value is -2.05. The van der Waals surface area contributed by atoms with E-state index in [2.05, 4.69) is 15.7 Å². The Morgan fingerprint density at radius 3 is 2.71 bits per heavy atom. The first-order valence-electron chi connectivity index (χ1n) is 6.39. The number of urea groups is 1. The Labute approximate surface area is 128 Å². The normalized spacial score (nSPS) is 12.0.